The van der Waals surface area contributed by atoms with Crippen molar-refractivity contribution in [2.45, 2.75) is 18.4 Å². The molecular weight excluding hydrogens is 507 g/mol. The minimum absolute atomic E-state index is 0.0364. The lowest BCUT2D eigenvalue weighted by Crippen LogP contribution is -2.50. The number of nitrogens with zero attached hydrogens (tertiary/aromatic N) is 4. The Morgan fingerprint density at radius 3 is 2.47 bits per heavy atom. The molecule has 0 saturated carbocycles. The van der Waals surface area contributed by atoms with E-state index in [4.69, 9.17) is 4.74 Å². The van der Waals surface area contributed by atoms with Gasteiger partial charge in [0.2, 0.25) is 10.0 Å². The Balaban J connectivity index is 1.54. The number of amides is 2. The van der Waals surface area contributed by atoms with Gasteiger partial charge in [-0.15, -0.1) is 6.58 Å². The largest absolute Gasteiger partial charge is 0.450 e. The van der Waals surface area contributed by atoms with Crippen molar-refractivity contribution in [2.24, 2.45) is 4.99 Å². The van der Waals surface area contributed by atoms with E-state index in [2.05, 4.69) is 11.6 Å². The van der Waals surface area contributed by atoms with Crippen LogP contribution in [0.4, 0.5) is 9.18 Å². The van der Waals surface area contributed by atoms with E-state index in [1.165, 1.54) is 50.9 Å². The molecule has 2 heterocycles. The smallest absolute Gasteiger partial charge is 0.409 e. The van der Waals surface area contributed by atoms with Crippen LogP contribution in [0.25, 0.3) is 10.2 Å². The van der Waals surface area contributed by atoms with E-state index >= 15 is 0 Å². The number of carbonyl (C=O) groups excluding carboxylic acids is 2. The van der Waals surface area contributed by atoms with Crippen LogP contribution < -0.4 is 4.80 Å². The van der Waals surface area contributed by atoms with Crippen LogP contribution in [0.1, 0.15) is 17.3 Å². The number of ether oxygens (including phenoxy) is 1. The van der Waals surface area contributed by atoms with Crippen molar-refractivity contribution in [1.29, 1.82) is 0 Å². The van der Waals surface area contributed by atoms with Gasteiger partial charge in [0, 0.05) is 38.3 Å². The summed E-state index contributed by atoms with van der Waals surface area (Å²) in [5.74, 6) is -0.996. The normalized spacial score (nSPS) is 15.3. The fourth-order valence-corrected chi connectivity index (χ4v) is 6.34. The summed E-state index contributed by atoms with van der Waals surface area (Å²) in [6.45, 7) is 6.67. The average Bonchev–Trinajstić information content (AvgIpc) is 3.22. The number of carbonyl (C=O) groups is 2. The van der Waals surface area contributed by atoms with Crippen LogP contribution >= 0.6 is 11.3 Å². The standard InChI is InChI=1S/C24H25FN4O5S2/c1-3-12-29-21-19(25)6-5-7-20(21)35-23(29)26-22(30)17-8-10-18(11-9-17)36(32,33)28-15-13-27(14-16-28)24(31)34-4-2/h3,5-11H,1,4,12-16H2,2H3. The highest BCUT2D eigenvalue weighted by Crippen LogP contribution is 2.21. The number of hydrogen-bond acceptors (Lipinski definition) is 6. The number of sulfonamides is 1. The number of allylic oxidation sites excluding steroid dienone is 1. The van der Waals surface area contributed by atoms with Gasteiger partial charge >= 0.3 is 6.09 Å². The number of hydrogen-bond donors (Lipinski definition) is 0. The van der Waals surface area contributed by atoms with Gasteiger partial charge in [0.1, 0.15) is 5.82 Å². The minimum Gasteiger partial charge on any atom is -0.450 e. The second-order valence-electron chi connectivity index (χ2n) is 7.90. The molecule has 0 spiro atoms. The van der Waals surface area contributed by atoms with Gasteiger partial charge in [-0.3, -0.25) is 4.79 Å². The predicted octanol–water partition coefficient (Wildman–Crippen LogP) is 3.23. The van der Waals surface area contributed by atoms with Crippen molar-refractivity contribution in [3.05, 3.63) is 71.3 Å². The number of piperazine rings is 1. The van der Waals surface area contributed by atoms with E-state index in [1.807, 2.05) is 0 Å². The topological polar surface area (TPSA) is 101 Å². The summed E-state index contributed by atoms with van der Waals surface area (Å²) in [7, 11) is -3.80. The first kappa shape index (κ1) is 25.7. The van der Waals surface area contributed by atoms with E-state index in [-0.39, 0.29) is 49.8 Å². The number of rotatable bonds is 6. The monoisotopic (exact) mass is 532 g/mol. The molecule has 0 aliphatic carbocycles. The summed E-state index contributed by atoms with van der Waals surface area (Å²) in [6.07, 6.45) is 1.13. The molecule has 1 aromatic heterocycles. The third-order valence-corrected chi connectivity index (χ3v) is 8.62. The number of aromatic nitrogens is 1. The summed E-state index contributed by atoms with van der Waals surface area (Å²) in [4.78, 5) is 30.7. The van der Waals surface area contributed by atoms with Gasteiger partial charge in [-0.2, -0.15) is 9.30 Å². The molecule has 1 aliphatic heterocycles. The van der Waals surface area contributed by atoms with Crippen molar-refractivity contribution in [2.75, 3.05) is 32.8 Å². The Hall–Kier alpha value is -3.35. The van der Waals surface area contributed by atoms with Crippen LogP contribution in [0.5, 0.6) is 0 Å². The van der Waals surface area contributed by atoms with Crippen LogP contribution in [0.3, 0.4) is 0 Å². The quantitative estimate of drug-likeness (QED) is 0.454. The molecule has 1 aliphatic rings. The number of fused-ring (bicyclic) bond motifs is 1. The van der Waals surface area contributed by atoms with E-state index in [0.717, 1.165) is 0 Å². The number of halogens is 1. The predicted molar refractivity (Wildman–Crippen MR) is 134 cm³/mol. The van der Waals surface area contributed by atoms with Crippen LogP contribution in [0, 0.1) is 5.82 Å². The maximum absolute atomic E-state index is 14.4. The Bertz CT molecular complexity index is 1470. The zero-order chi connectivity index (χ0) is 25.9. The van der Waals surface area contributed by atoms with Crippen LogP contribution in [0.15, 0.2) is 65.0 Å². The molecule has 190 valence electrons. The van der Waals surface area contributed by atoms with Crippen molar-refractivity contribution in [1.82, 2.24) is 13.8 Å². The molecule has 2 amide bonds. The lowest BCUT2D eigenvalue weighted by molar-refractivity contribution is 0.0933. The highest BCUT2D eigenvalue weighted by atomic mass is 32.2. The molecule has 0 bridgehead atoms. The maximum Gasteiger partial charge on any atom is 0.409 e. The average molecular weight is 533 g/mol. The number of para-hydroxylation sites is 1. The zero-order valence-electron chi connectivity index (χ0n) is 19.6. The van der Waals surface area contributed by atoms with Gasteiger partial charge in [-0.05, 0) is 43.3 Å². The molecule has 36 heavy (non-hydrogen) atoms. The Morgan fingerprint density at radius 1 is 1.14 bits per heavy atom. The zero-order valence-corrected chi connectivity index (χ0v) is 21.2. The van der Waals surface area contributed by atoms with Gasteiger partial charge in [0.05, 0.1) is 21.7 Å². The SMILES string of the molecule is C=CCn1c(=NC(=O)c2ccc(S(=O)(=O)N3CCN(C(=O)OCC)CC3)cc2)sc2cccc(F)c21. The Morgan fingerprint density at radius 2 is 1.83 bits per heavy atom. The van der Waals surface area contributed by atoms with E-state index in [1.54, 1.807) is 29.7 Å². The Labute approximate surface area is 211 Å². The minimum atomic E-state index is -3.80. The molecule has 2 aromatic carbocycles. The van der Waals surface area contributed by atoms with Crippen molar-refractivity contribution in [3.63, 3.8) is 0 Å². The van der Waals surface area contributed by atoms with E-state index in [0.29, 0.717) is 15.0 Å². The van der Waals surface area contributed by atoms with E-state index < -0.39 is 27.8 Å². The number of benzene rings is 2. The van der Waals surface area contributed by atoms with Gasteiger partial charge in [-0.25, -0.2) is 17.6 Å². The second kappa shape index (κ2) is 10.7. The first-order chi connectivity index (χ1) is 17.3. The first-order valence-electron chi connectivity index (χ1n) is 11.3. The fraction of sp³-hybridized carbons (Fsp3) is 0.292. The lowest BCUT2D eigenvalue weighted by atomic mass is 10.2. The van der Waals surface area contributed by atoms with Crippen molar-refractivity contribution < 1.29 is 27.1 Å². The number of thiazole rings is 1. The summed E-state index contributed by atoms with van der Waals surface area (Å²) in [5.41, 5.74) is 0.544. The molecule has 0 atom stereocenters. The summed E-state index contributed by atoms with van der Waals surface area (Å²) >= 11 is 1.18. The first-order valence-corrected chi connectivity index (χ1v) is 13.5. The molecule has 12 heteroatoms. The molecule has 1 fully saturated rings. The van der Waals surface area contributed by atoms with Gasteiger partial charge < -0.3 is 14.2 Å². The highest BCUT2D eigenvalue weighted by Gasteiger charge is 2.30. The van der Waals surface area contributed by atoms with Gasteiger partial charge in [0.25, 0.3) is 5.91 Å². The van der Waals surface area contributed by atoms with Gasteiger partial charge in [-0.1, -0.05) is 23.5 Å². The summed E-state index contributed by atoms with van der Waals surface area (Å²) in [6, 6.07) is 10.2. The molecule has 0 unspecified atom stereocenters. The van der Waals surface area contributed by atoms with Crippen molar-refractivity contribution >= 4 is 43.6 Å². The van der Waals surface area contributed by atoms with Gasteiger partial charge in [0.15, 0.2) is 4.80 Å². The Kier molecular flexibility index (Phi) is 7.67. The molecular formula is C24H25FN4O5S2. The summed E-state index contributed by atoms with van der Waals surface area (Å²) in [5, 5.41) is 0. The molecule has 4 rings (SSSR count). The van der Waals surface area contributed by atoms with Crippen LogP contribution in [0.2, 0.25) is 0 Å². The van der Waals surface area contributed by atoms with Crippen LogP contribution in [-0.2, 0) is 21.3 Å². The molecule has 1 saturated heterocycles. The summed E-state index contributed by atoms with van der Waals surface area (Å²) < 4.78 is 49.0. The van der Waals surface area contributed by atoms with Crippen molar-refractivity contribution in [3.8, 4) is 0 Å². The second-order valence-corrected chi connectivity index (χ2v) is 10.8. The maximum atomic E-state index is 14.4. The molecule has 3 aromatic rings. The van der Waals surface area contributed by atoms with Crippen LogP contribution in [-0.4, -0.2) is 67.0 Å². The lowest BCUT2D eigenvalue weighted by Gasteiger charge is -2.33. The molecule has 9 nitrogen and oxygen atoms in total. The third kappa shape index (κ3) is 5.11. The highest BCUT2D eigenvalue weighted by molar-refractivity contribution is 7.89. The van der Waals surface area contributed by atoms with E-state index in [9.17, 15) is 22.4 Å². The third-order valence-electron chi connectivity index (χ3n) is 5.66. The molecule has 0 N–H and O–H groups in total. The fourth-order valence-electron chi connectivity index (χ4n) is 3.87. The molecule has 0 radical (unpaired) electrons.